The Hall–Kier alpha value is -2.94. The third-order valence-electron chi connectivity index (χ3n) is 5.71. The molecule has 11 heteroatoms. The number of rotatable bonds is 3. The van der Waals surface area contributed by atoms with Crippen LogP contribution in [0.5, 0.6) is 0 Å². The number of hydrogen-bond donors (Lipinski definition) is 2. The van der Waals surface area contributed by atoms with Crippen molar-refractivity contribution < 1.29 is 9.59 Å². The molecular weight excluding hydrogens is 487 g/mol. The van der Waals surface area contributed by atoms with Gasteiger partial charge in [-0.2, -0.15) is 5.10 Å². The number of nitrogens with zero attached hydrogens (tertiary/aromatic N) is 4. The number of fused-ring (bicyclic) bond motifs is 2. The fourth-order valence-corrected chi connectivity index (χ4v) is 4.07. The van der Waals surface area contributed by atoms with Gasteiger partial charge in [-0.25, -0.2) is 4.68 Å². The van der Waals surface area contributed by atoms with Crippen LogP contribution in [0.1, 0.15) is 26.3 Å². The molecule has 3 heterocycles. The summed E-state index contributed by atoms with van der Waals surface area (Å²) < 4.78 is 1.88. The Kier molecular flexibility index (Phi) is 8.24. The maximum absolute atomic E-state index is 12.5. The predicted octanol–water partition coefficient (Wildman–Crippen LogP) is 3.76. The molecule has 176 valence electrons. The van der Waals surface area contributed by atoms with Gasteiger partial charge in [0.15, 0.2) is 5.82 Å². The summed E-state index contributed by atoms with van der Waals surface area (Å²) in [6.07, 6.45) is 0.846. The van der Waals surface area contributed by atoms with Crippen molar-refractivity contribution in [2.45, 2.75) is 13.0 Å². The molecule has 0 atom stereocenters. The Morgan fingerprint density at radius 3 is 2.55 bits per heavy atom. The van der Waals surface area contributed by atoms with Crippen LogP contribution in [0, 0.1) is 0 Å². The van der Waals surface area contributed by atoms with Gasteiger partial charge in [-0.05, 0) is 42.3 Å². The summed E-state index contributed by atoms with van der Waals surface area (Å²) in [6, 6.07) is 14.8. The zero-order valence-corrected chi connectivity index (χ0v) is 20.3. The van der Waals surface area contributed by atoms with Gasteiger partial charge < -0.3 is 20.9 Å². The van der Waals surface area contributed by atoms with Crippen molar-refractivity contribution in [1.82, 2.24) is 14.7 Å². The second-order valence-electron chi connectivity index (χ2n) is 7.62. The van der Waals surface area contributed by atoms with Gasteiger partial charge in [-0.1, -0.05) is 12.1 Å². The molecule has 0 aliphatic carbocycles. The molecule has 2 amide bonds. The van der Waals surface area contributed by atoms with Crippen molar-refractivity contribution in [3.63, 3.8) is 0 Å². The number of carbonyl (C=O) groups excluding carboxylic acids is 2. The minimum atomic E-state index is -0.284. The molecule has 0 fully saturated rings. The lowest BCUT2D eigenvalue weighted by Gasteiger charge is -2.26. The first-order chi connectivity index (χ1) is 14.5. The number of likely N-dealkylation sites (N-methyl/N-ethyl adjacent to an activating group) is 1. The highest BCUT2D eigenvalue weighted by Gasteiger charge is 2.27. The highest BCUT2D eigenvalue weighted by atomic mass is 35.5. The predicted molar refractivity (Wildman–Crippen MR) is 137 cm³/mol. The molecule has 2 aromatic carbocycles. The first-order valence-electron chi connectivity index (χ1n) is 9.91. The normalized spacial score (nSPS) is 13.8. The lowest BCUT2D eigenvalue weighted by molar-refractivity contribution is 0.0780. The number of amides is 2. The van der Waals surface area contributed by atoms with Gasteiger partial charge in [0.2, 0.25) is 0 Å². The maximum atomic E-state index is 12.5. The number of carbonyl (C=O) groups is 2. The molecule has 0 unspecified atom stereocenters. The van der Waals surface area contributed by atoms with E-state index in [1.54, 1.807) is 29.2 Å². The number of nitrogens with one attached hydrogen (secondary N) is 1. The number of para-hydroxylation sites is 1. The standard InChI is InChI=1S/C22H22N6O2.3ClH/c1-26-9-8-14-12-15(6-7-16(14)22(26)30)27-10-11-28-20(27)13-19(25-28)24-21(29)17-4-2-3-5-18(17)23;;;/h2-7,12-13H,8-11,23H2,1H3,(H,24,25,29);3*1H. The van der Waals surface area contributed by atoms with Crippen LogP contribution in [0.4, 0.5) is 23.0 Å². The number of halogens is 3. The molecule has 33 heavy (non-hydrogen) atoms. The van der Waals surface area contributed by atoms with Crippen molar-refractivity contribution in [2.75, 3.05) is 36.1 Å². The number of hydrogen-bond acceptors (Lipinski definition) is 5. The van der Waals surface area contributed by atoms with E-state index in [9.17, 15) is 9.59 Å². The lowest BCUT2D eigenvalue weighted by Crippen LogP contribution is -2.34. The molecule has 0 bridgehead atoms. The number of anilines is 4. The molecule has 1 aromatic heterocycles. The summed E-state index contributed by atoms with van der Waals surface area (Å²) in [5, 5.41) is 7.35. The Labute approximate surface area is 210 Å². The van der Waals surface area contributed by atoms with E-state index in [1.807, 2.05) is 29.9 Å². The SMILES string of the molecule is CN1CCc2cc(N3CCn4nc(NC(=O)c5ccccc5N)cc43)ccc2C1=O.Cl.Cl.Cl. The van der Waals surface area contributed by atoms with Crippen LogP contribution in [0.25, 0.3) is 0 Å². The van der Waals surface area contributed by atoms with Gasteiger partial charge in [-0.15, -0.1) is 37.2 Å². The van der Waals surface area contributed by atoms with Crippen LogP contribution in [0.15, 0.2) is 48.5 Å². The molecule has 3 N–H and O–H groups in total. The molecule has 0 saturated heterocycles. The second kappa shape index (κ2) is 10.3. The molecule has 8 nitrogen and oxygen atoms in total. The Bertz CT molecular complexity index is 1180. The Morgan fingerprint density at radius 2 is 1.79 bits per heavy atom. The van der Waals surface area contributed by atoms with Gasteiger partial charge in [0, 0.05) is 43.1 Å². The van der Waals surface area contributed by atoms with Gasteiger partial charge in [0.05, 0.1) is 12.1 Å². The molecule has 0 spiro atoms. The van der Waals surface area contributed by atoms with E-state index in [0.29, 0.717) is 17.1 Å². The van der Waals surface area contributed by atoms with Crippen molar-refractivity contribution in [3.05, 3.63) is 65.2 Å². The zero-order chi connectivity index (χ0) is 20.8. The fourth-order valence-electron chi connectivity index (χ4n) is 4.07. The number of nitrogens with two attached hydrogens (primary N) is 1. The average molecular weight is 512 g/mol. The van der Waals surface area contributed by atoms with E-state index in [1.165, 1.54) is 0 Å². The molecular formula is C22H25Cl3N6O2. The van der Waals surface area contributed by atoms with E-state index < -0.39 is 0 Å². The topological polar surface area (TPSA) is 96.5 Å². The highest BCUT2D eigenvalue weighted by Crippen LogP contribution is 2.34. The third-order valence-corrected chi connectivity index (χ3v) is 5.71. The minimum absolute atomic E-state index is 0. The summed E-state index contributed by atoms with van der Waals surface area (Å²) >= 11 is 0. The first kappa shape index (κ1) is 26.3. The summed E-state index contributed by atoms with van der Waals surface area (Å²) in [5.74, 6) is 1.18. The number of nitrogen functional groups attached to an aromatic ring is 1. The fraction of sp³-hybridized carbons (Fsp3) is 0.227. The molecule has 3 aromatic rings. The molecule has 0 saturated carbocycles. The molecule has 0 radical (unpaired) electrons. The van der Waals surface area contributed by atoms with Gasteiger partial charge in [-0.3, -0.25) is 9.59 Å². The summed E-state index contributed by atoms with van der Waals surface area (Å²) in [7, 11) is 1.83. The quantitative estimate of drug-likeness (QED) is 0.522. The average Bonchev–Trinajstić information content (AvgIpc) is 3.31. The molecule has 2 aliphatic rings. The van der Waals surface area contributed by atoms with Crippen molar-refractivity contribution in [3.8, 4) is 0 Å². The lowest BCUT2D eigenvalue weighted by atomic mass is 9.98. The Balaban J connectivity index is 0.00000128. The van der Waals surface area contributed by atoms with Crippen LogP contribution in [-0.2, 0) is 13.0 Å². The van der Waals surface area contributed by atoms with Gasteiger partial charge >= 0.3 is 0 Å². The van der Waals surface area contributed by atoms with E-state index in [4.69, 9.17) is 5.73 Å². The smallest absolute Gasteiger partial charge is 0.258 e. The van der Waals surface area contributed by atoms with Crippen LogP contribution in [0.3, 0.4) is 0 Å². The minimum Gasteiger partial charge on any atom is -0.398 e. The van der Waals surface area contributed by atoms with Gasteiger partial charge in [0.1, 0.15) is 5.82 Å². The van der Waals surface area contributed by atoms with Crippen molar-refractivity contribution in [1.29, 1.82) is 0 Å². The van der Waals surface area contributed by atoms with Crippen LogP contribution in [0.2, 0.25) is 0 Å². The number of benzene rings is 2. The summed E-state index contributed by atoms with van der Waals surface area (Å²) in [4.78, 5) is 28.8. The summed E-state index contributed by atoms with van der Waals surface area (Å²) in [6.45, 7) is 2.23. The van der Waals surface area contributed by atoms with Gasteiger partial charge in [0.25, 0.3) is 11.8 Å². The summed E-state index contributed by atoms with van der Waals surface area (Å²) in [5.41, 5.74) is 9.62. The number of aromatic nitrogens is 2. The third kappa shape index (κ3) is 4.73. The van der Waals surface area contributed by atoms with E-state index in [-0.39, 0.29) is 49.0 Å². The van der Waals surface area contributed by atoms with Crippen molar-refractivity contribution in [2.24, 2.45) is 0 Å². The second-order valence-corrected chi connectivity index (χ2v) is 7.62. The molecule has 2 aliphatic heterocycles. The molecule has 5 rings (SSSR count). The maximum Gasteiger partial charge on any atom is 0.258 e. The van der Waals surface area contributed by atoms with E-state index >= 15 is 0 Å². The first-order valence-corrected chi connectivity index (χ1v) is 9.91. The van der Waals surface area contributed by atoms with Crippen LogP contribution < -0.4 is 16.0 Å². The van der Waals surface area contributed by atoms with E-state index in [2.05, 4.69) is 21.4 Å². The van der Waals surface area contributed by atoms with Crippen LogP contribution >= 0.6 is 37.2 Å². The zero-order valence-electron chi connectivity index (χ0n) is 17.9. The monoisotopic (exact) mass is 510 g/mol. The Morgan fingerprint density at radius 1 is 1.03 bits per heavy atom. The van der Waals surface area contributed by atoms with Crippen molar-refractivity contribution >= 4 is 72.0 Å². The van der Waals surface area contributed by atoms with E-state index in [0.717, 1.165) is 48.7 Å². The largest absolute Gasteiger partial charge is 0.398 e. The highest BCUT2D eigenvalue weighted by molar-refractivity contribution is 6.07. The van der Waals surface area contributed by atoms with Crippen LogP contribution in [-0.4, -0.2) is 46.6 Å².